The number of benzene rings is 1. The van der Waals surface area contributed by atoms with E-state index < -0.39 is 6.09 Å². The molecule has 28 heavy (non-hydrogen) atoms. The molecule has 1 atom stereocenters. The van der Waals surface area contributed by atoms with E-state index in [4.69, 9.17) is 10.1 Å². The van der Waals surface area contributed by atoms with Crippen LogP contribution in [0.5, 0.6) is 0 Å². The van der Waals surface area contributed by atoms with Gasteiger partial charge in [0.25, 0.3) is 0 Å². The summed E-state index contributed by atoms with van der Waals surface area (Å²) < 4.78 is 1.16. The number of likely N-dealkylation sites (tertiary alicyclic amines) is 1. The summed E-state index contributed by atoms with van der Waals surface area (Å²) in [5, 5.41) is 12.8. The zero-order valence-corrected chi connectivity index (χ0v) is 17.7. The summed E-state index contributed by atoms with van der Waals surface area (Å²) in [5.41, 5.74) is 5.17. The Hall–Kier alpha value is -2.08. The second kappa shape index (κ2) is 8.11. The topological polar surface area (TPSA) is 65.5 Å². The van der Waals surface area contributed by atoms with Crippen molar-refractivity contribution in [3.05, 3.63) is 57.2 Å². The number of anilines is 1. The zero-order chi connectivity index (χ0) is 19.7. The highest BCUT2D eigenvalue weighted by molar-refractivity contribution is 9.10. The van der Waals surface area contributed by atoms with Crippen LogP contribution >= 0.6 is 15.9 Å². The first-order valence-corrected chi connectivity index (χ1v) is 10.9. The molecule has 1 aromatic carbocycles. The van der Waals surface area contributed by atoms with Crippen LogP contribution in [-0.2, 0) is 12.8 Å². The lowest BCUT2D eigenvalue weighted by atomic mass is 9.88. The number of hydrogen-bond acceptors (Lipinski definition) is 3. The smallest absolute Gasteiger partial charge is 0.407 e. The van der Waals surface area contributed by atoms with E-state index in [1.54, 1.807) is 0 Å². The molecule has 2 N–H and O–H groups in total. The van der Waals surface area contributed by atoms with Crippen molar-refractivity contribution < 1.29 is 9.90 Å². The van der Waals surface area contributed by atoms with Crippen LogP contribution in [-0.4, -0.2) is 34.2 Å². The predicted molar refractivity (Wildman–Crippen MR) is 114 cm³/mol. The van der Waals surface area contributed by atoms with Gasteiger partial charge in [0.15, 0.2) is 0 Å². The van der Waals surface area contributed by atoms with Crippen LogP contribution in [0.1, 0.15) is 60.5 Å². The summed E-state index contributed by atoms with van der Waals surface area (Å²) >= 11 is 3.70. The molecule has 1 unspecified atom stereocenters. The average molecular weight is 444 g/mol. The van der Waals surface area contributed by atoms with Gasteiger partial charge >= 0.3 is 6.09 Å². The molecule has 1 amide bonds. The van der Waals surface area contributed by atoms with Crippen LogP contribution in [0.4, 0.5) is 10.6 Å². The van der Waals surface area contributed by atoms with Crippen LogP contribution < -0.4 is 5.32 Å². The highest BCUT2D eigenvalue weighted by Gasteiger charge is 2.27. The molecule has 6 heteroatoms. The van der Waals surface area contributed by atoms with Crippen molar-refractivity contribution in [1.29, 1.82) is 0 Å². The number of fused-ring (bicyclic) bond motifs is 1. The van der Waals surface area contributed by atoms with Crippen LogP contribution in [0.3, 0.4) is 0 Å². The minimum atomic E-state index is -0.810. The number of nitrogens with zero attached hydrogens (tertiary/aromatic N) is 2. The van der Waals surface area contributed by atoms with Crippen molar-refractivity contribution in [3.8, 4) is 0 Å². The van der Waals surface area contributed by atoms with Crippen molar-refractivity contribution in [2.75, 3.05) is 18.4 Å². The third-order valence-electron chi connectivity index (χ3n) is 6.07. The third kappa shape index (κ3) is 3.75. The minimum absolute atomic E-state index is 0.285. The summed E-state index contributed by atoms with van der Waals surface area (Å²) in [6.45, 7) is 3.36. The maximum Gasteiger partial charge on any atom is 0.407 e. The van der Waals surface area contributed by atoms with E-state index in [0.29, 0.717) is 19.0 Å². The van der Waals surface area contributed by atoms with Crippen molar-refractivity contribution in [3.63, 3.8) is 0 Å². The van der Waals surface area contributed by atoms with Gasteiger partial charge in [0.1, 0.15) is 5.82 Å². The molecular weight excluding hydrogens is 418 g/mol. The molecule has 1 aliphatic carbocycles. The number of amides is 1. The van der Waals surface area contributed by atoms with Gasteiger partial charge in [-0.3, -0.25) is 0 Å². The molecule has 1 saturated heterocycles. The van der Waals surface area contributed by atoms with Crippen molar-refractivity contribution in [1.82, 2.24) is 9.88 Å². The molecule has 2 aliphatic rings. The van der Waals surface area contributed by atoms with Gasteiger partial charge in [-0.15, -0.1) is 0 Å². The van der Waals surface area contributed by atoms with Gasteiger partial charge in [-0.05, 0) is 66.8 Å². The lowest BCUT2D eigenvalue weighted by molar-refractivity contribution is 0.132. The number of piperidine rings is 1. The van der Waals surface area contributed by atoms with Gasteiger partial charge in [-0.2, -0.15) is 0 Å². The number of halogens is 1. The highest BCUT2D eigenvalue weighted by atomic mass is 79.9. The Labute approximate surface area is 174 Å². The van der Waals surface area contributed by atoms with Crippen molar-refractivity contribution in [2.45, 2.75) is 51.0 Å². The SMILES string of the molecule is CCc1nc(NC2CCc3cccc(Br)c32)ccc1C1CCN(C(=O)O)CC1. The van der Waals surface area contributed by atoms with E-state index in [0.717, 1.165) is 48.1 Å². The number of nitrogens with one attached hydrogen (secondary N) is 1. The quantitative estimate of drug-likeness (QED) is 0.666. The normalized spacial score (nSPS) is 19.5. The molecule has 0 saturated carbocycles. The summed E-state index contributed by atoms with van der Waals surface area (Å²) in [6, 6.07) is 11.0. The standard InChI is InChI=1S/C22H26BrN3O2/c1-2-18-16(14-10-12-26(13-11-14)22(27)28)7-9-20(24-18)25-19-8-6-15-4-3-5-17(23)21(15)19/h3-5,7,9,14,19H,2,6,8,10-13H2,1H3,(H,24,25)(H,27,28). The molecule has 1 aliphatic heterocycles. The van der Waals surface area contributed by atoms with E-state index in [1.807, 2.05) is 0 Å². The van der Waals surface area contributed by atoms with E-state index in [-0.39, 0.29) is 6.04 Å². The minimum Gasteiger partial charge on any atom is -0.465 e. The Bertz CT molecular complexity index is 878. The molecule has 0 spiro atoms. The molecule has 0 radical (unpaired) electrons. The Morgan fingerprint density at radius 2 is 2.04 bits per heavy atom. The molecule has 2 heterocycles. The van der Waals surface area contributed by atoms with E-state index in [2.05, 4.69) is 58.5 Å². The molecule has 1 aromatic heterocycles. The summed E-state index contributed by atoms with van der Waals surface area (Å²) in [6.07, 6.45) is 3.99. The maximum atomic E-state index is 11.1. The van der Waals surface area contributed by atoms with Crippen LogP contribution in [0.2, 0.25) is 0 Å². The molecule has 2 aromatic rings. The number of carboxylic acid groups (broad SMARTS) is 1. The second-order valence-corrected chi connectivity index (χ2v) is 8.53. The number of hydrogen-bond donors (Lipinski definition) is 2. The Morgan fingerprint density at radius 3 is 2.75 bits per heavy atom. The first-order valence-electron chi connectivity index (χ1n) is 10.1. The number of carbonyl (C=O) groups is 1. The largest absolute Gasteiger partial charge is 0.465 e. The Kier molecular flexibility index (Phi) is 5.58. The fourth-order valence-corrected chi connectivity index (χ4v) is 5.27. The lowest BCUT2D eigenvalue weighted by Crippen LogP contribution is -2.37. The summed E-state index contributed by atoms with van der Waals surface area (Å²) in [5.74, 6) is 1.32. The first kappa shape index (κ1) is 19.2. The summed E-state index contributed by atoms with van der Waals surface area (Å²) in [4.78, 5) is 17.6. The monoisotopic (exact) mass is 443 g/mol. The number of pyridine rings is 1. The molecule has 1 fully saturated rings. The Balaban J connectivity index is 1.50. The van der Waals surface area contributed by atoms with Crippen LogP contribution in [0.15, 0.2) is 34.8 Å². The number of aryl methyl sites for hydroxylation is 2. The third-order valence-corrected chi connectivity index (χ3v) is 6.76. The van der Waals surface area contributed by atoms with Gasteiger partial charge in [0.05, 0.1) is 6.04 Å². The molecule has 5 nitrogen and oxygen atoms in total. The van der Waals surface area contributed by atoms with Gasteiger partial charge in [0, 0.05) is 23.3 Å². The number of rotatable bonds is 4. The number of aromatic nitrogens is 1. The van der Waals surface area contributed by atoms with Crippen LogP contribution in [0, 0.1) is 0 Å². The highest BCUT2D eigenvalue weighted by Crippen LogP contribution is 2.39. The van der Waals surface area contributed by atoms with E-state index in [9.17, 15) is 4.79 Å². The zero-order valence-electron chi connectivity index (χ0n) is 16.1. The van der Waals surface area contributed by atoms with Gasteiger partial charge < -0.3 is 15.3 Å². The Morgan fingerprint density at radius 1 is 1.25 bits per heavy atom. The molecular formula is C22H26BrN3O2. The van der Waals surface area contributed by atoms with Gasteiger partial charge in [-0.1, -0.05) is 41.1 Å². The maximum absolute atomic E-state index is 11.1. The molecule has 0 bridgehead atoms. The van der Waals surface area contributed by atoms with Crippen molar-refractivity contribution in [2.24, 2.45) is 0 Å². The van der Waals surface area contributed by atoms with E-state index >= 15 is 0 Å². The fraction of sp³-hybridized carbons (Fsp3) is 0.455. The summed E-state index contributed by atoms with van der Waals surface area (Å²) in [7, 11) is 0. The van der Waals surface area contributed by atoms with Crippen LogP contribution in [0.25, 0.3) is 0 Å². The molecule has 4 rings (SSSR count). The van der Waals surface area contributed by atoms with Gasteiger partial charge in [0.2, 0.25) is 0 Å². The van der Waals surface area contributed by atoms with Gasteiger partial charge in [-0.25, -0.2) is 9.78 Å². The van der Waals surface area contributed by atoms with E-state index in [1.165, 1.54) is 21.6 Å². The lowest BCUT2D eigenvalue weighted by Gasteiger charge is -2.31. The molecule has 148 valence electrons. The average Bonchev–Trinajstić information content (AvgIpc) is 3.12. The van der Waals surface area contributed by atoms with Crippen molar-refractivity contribution >= 4 is 27.8 Å². The second-order valence-electron chi connectivity index (χ2n) is 7.68. The predicted octanol–water partition coefficient (Wildman–Crippen LogP) is 5.36. The first-order chi connectivity index (χ1) is 13.6. The fourth-order valence-electron chi connectivity index (χ4n) is 4.59.